The van der Waals surface area contributed by atoms with Crippen LogP contribution in [0.1, 0.15) is 49.8 Å². The summed E-state index contributed by atoms with van der Waals surface area (Å²) in [6, 6.07) is 18.1. The lowest BCUT2D eigenvalue weighted by molar-refractivity contribution is -0.126. The summed E-state index contributed by atoms with van der Waals surface area (Å²) in [5.41, 5.74) is 2.01. The highest BCUT2D eigenvalue weighted by Gasteiger charge is 2.50. The smallest absolute Gasteiger partial charge is 0.289 e. The van der Waals surface area contributed by atoms with E-state index in [2.05, 4.69) is 6.92 Å². The van der Waals surface area contributed by atoms with Crippen LogP contribution in [0.3, 0.4) is 0 Å². The quantitative estimate of drug-likeness (QED) is 0.204. The monoisotopic (exact) mass is 567 g/mol. The summed E-state index contributed by atoms with van der Waals surface area (Å²) in [7, 11) is 1.63. The second-order valence-electron chi connectivity index (χ2n) is 9.36. The first kappa shape index (κ1) is 29.3. The van der Waals surface area contributed by atoms with Gasteiger partial charge in [0.15, 0.2) is 0 Å². The molecule has 9 heteroatoms. The van der Waals surface area contributed by atoms with E-state index in [1.807, 2.05) is 54.7 Å². The minimum Gasteiger partial charge on any atom is -0.497 e. The molecule has 1 aliphatic rings. The van der Waals surface area contributed by atoms with Crippen LogP contribution in [0.25, 0.3) is 0 Å². The fourth-order valence-corrected chi connectivity index (χ4v) is 5.16. The number of carbonyl (C=O) groups is 2. The van der Waals surface area contributed by atoms with Crippen molar-refractivity contribution in [3.63, 3.8) is 0 Å². The van der Waals surface area contributed by atoms with Gasteiger partial charge in [0.2, 0.25) is 0 Å². The first-order chi connectivity index (χ1) is 19.4. The second-order valence-corrected chi connectivity index (χ2v) is 10.5. The van der Waals surface area contributed by atoms with Crippen LogP contribution in [0, 0.1) is 0 Å². The molecule has 3 aromatic rings. The largest absolute Gasteiger partial charge is 0.497 e. The van der Waals surface area contributed by atoms with Crippen molar-refractivity contribution in [2.45, 2.75) is 51.0 Å². The molecular formula is C31H34FNO6S. The number of carbonyl (C=O) groups excluding carboxylic acids is 2. The molecule has 1 saturated heterocycles. The fourth-order valence-electron chi connectivity index (χ4n) is 4.38. The van der Waals surface area contributed by atoms with Crippen LogP contribution in [0.4, 0.5) is 9.18 Å². The summed E-state index contributed by atoms with van der Waals surface area (Å²) in [6.07, 6.45) is 3.94. The molecule has 0 spiro atoms. The van der Waals surface area contributed by atoms with Gasteiger partial charge >= 0.3 is 0 Å². The summed E-state index contributed by atoms with van der Waals surface area (Å²) in [5, 5.41) is -1.09. The number of amides is 2. The number of hydrogen-bond acceptors (Lipinski definition) is 7. The fraction of sp³-hybridized carbons (Fsp3) is 0.355. The zero-order valence-electron chi connectivity index (χ0n) is 23.0. The van der Waals surface area contributed by atoms with E-state index < -0.39 is 16.1 Å². The molecule has 1 heterocycles. The van der Waals surface area contributed by atoms with E-state index >= 15 is 4.39 Å². The number of alkyl halides is 1. The molecule has 1 atom stereocenters. The van der Waals surface area contributed by atoms with Crippen LogP contribution in [-0.4, -0.2) is 31.5 Å². The topological polar surface area (TPSA) is 83.1 Å². The number of aryl methyl sites for hydroxylation is 2. The van der Waals surface area contributed by atoms with E-state index in [1.54, 1.807) is 19.2 Å². The molecule has 0 aliphatic carbocycles. The van der Waals surface area contributed by atoms with Gasteiger partial charge in [0.25, 0.3) is 16.1 Å². The van der Waals surface area contributed by atoms with E-state index in [1.165, 1.54) is 6.07 Å². The number of hydrogen-bond donors (Lipinski definition) is 1. The van der Waals surface area contributed by atoms with Crippen molar-refractivity contribution < 1.29 is 32.9 Å². The first-order valence-corrected chi connectivity index (χ1v) is 14.2. The molecule has 0 aromatic heterocycles. The number of halogens is 1. The van der Waals surface area contributed by atoms with Crippen LogP contribution < -0.4 is 24.3 Å². The number of nitrogens with one attached hydrogen (secondary N) is 1. The highest BCUT2D eigenvalue weighted by atomic mass is 32.2. The predicted octanol–water partition coefficient (Wildman–Crippen LogP) is 7.35. The van der Waals surface area contributed by atoms with E-state index in [-0.39, 0.29) is 5.56 Å². The van der Waals surface area contributed by atoms with Gasteiger partial charge in [0.05, 0.1) is 20.3 Å². The predicted molar refractivity (Wildman–Crippen MR) is 153 cm³/mol. The Labute approximate surface area is 238 Å². The van der Waals surface area contributed by atoms with E-state index in [4.69, 9.17) is 18.9 Å². The minimum atomic E-state index is -2.42. The normalized spacial score (nSPS) is 16.5. The zero-order valence-corrected chi connectivity index (χ0v) is 23.8. The molecule has 1 unspecified atom stereocenters. The third-order valence-electron chi connectivity index (χ3n) is 6.34. The summed E-state index contributed by atoms with van der Waals surface area (Å²) >= 11 is 0.355. The summed E-state index contributed by atoms with van der Waals surface area (Å²) in [6.45, 7) is 5.00. The van der Waals surface area contributed by atoms with Gasteiger partial charge in [-0.25, -0.2) is 4.39 Å². The molecule has 1 fully saturated rings. The van der Waals surface area contributed by atoms with Gasteiger partial charge in [-0.2, -0.15) is 0 Å². The van der Waals surface area contributed by atoms with Crippen molar-refractivity contribution in [1.82, 2.24) is 5.32 Å². The molecule has 2 amide bonds. The van der Waals surface area contributed by atoms with E-state index in [0.717, 1.165) is 53.4 Å². The van der Waals surface area contributed by atoms with Crippen LogP contribution >= 0.6 is 11.8 Å². The summed E-state index contributed by atoms with van der Waals surface area (Å²) in [4.78, 5) is 23.6. The third-order valence-corrected chi connectivity index (χ3v) is 7.33. The maximum atomic E-state index is 15.3. The lowest BCUT2D eigenvalue weighted by atomic mass is 10.0. The molecule has 0 bridgehead atoms. The Kier molecular flexibility index (Phi) is 9.93. The number of benzene rings is 3. The van der Waals surface area contributed by atoms with Crippen molar-refractivity contribution in [3.8, 4) is 28.7 Å². The van der Waals surface area contributed by atoms with Crippen molar-refractivity contribution in [2.24, 2.45) is 0 Å². The van der Waals surface area contributed by atoms with E-state index in [0.29, 0.717) is 43.6 Å². The van der Waals surface area contributed by atoms with Crippen molar-refractivity contribution >= 4 is 22.9 Å². The standard InChI is InChI=1S/C31H34FNO6S/c1-4-7-21-19-23(31(32)29(34)33-30(35)40-31)9-15-27(21)37-17-6-18-38-28-16-14-26(20-22(28)8-5-2)39-25-12-10-24(36-3)11-13-25/h9-16,19-20H,4-8,17-18H2,1-3H3,(H,33,34,35). The number of rotatable bonds is 14. The maximum Gasteiger partial charge on any atom is 0.289 e. The number of imide groups is 1. The molecule has 0 radical (unpaired) electrons. The highest BCUT2D eigenvalue weighted by Crippen LogP contribution is 2.44. The third kappa shape index (κ3) is 7.07. The van der Waals surface area contributed by atoms with Crippen LogP contribution in [0.2, 0.25) is 0 Å². The van der Waals surface area contributed by atoms with Crippen LogP contribution in [-0.2, 0) is 22.6 Å². The van der Waals surface area contributed by atoms with Crippen molar-refractivity contribution in [3.05, 3.63) is 77.4 Å². The van der Waals surface area contributed by atoms with Gasteiger partial charge in [-0.1, -0.05) is 32.8 Å². The molecule has 212 valence electrons. The number of ether oxygens (including phenoxy) is 4. The number of methoxy groups -OCH3 is 1. The molecule has 1 aliphatic heterocycles. The maximum absolute atomic E-state index is 15.3. The average molecular weight is 568 g/mol. The van der Waals surface area contributed by atoms with Gasteiger partial charge < -0.3 is 18.9 Å². The molecule has 1 N–H and O–H groups in total. The highest BCUT2D eigenvalue weighted by molar-refractivity contribution is 8.15. The Morgan fingerprint density at radius 2 is 1.38 bits per heavy atom. The Bertz CT molecular complexity index is 1330. The van der Waals surface area contributed by atoms with Gasteiger partial charge in [-0.3, -0.25) is 14.9 Å². The van der Waals surface area contributed by atoms with Crippen molar-refractivity contribution in [1.29, 1.82) is 0 Å². The molecule has 3 aromatic carbocycles. The summed E-state index contributed by atoms with van der Waals surface area (Å²) in [5.74, 6) is 2.74. The SMILES string of the molecule is CCCc1cc(Oc2ccc(OC)cc2)ccc1OCCCOc1ccc(C2(F)SC(=O)NC2=O)cc1CCC. The van der Waals surface area contributed by atoms with Crippen LogP contribution in [0.15, 0.2) is 60.7 Å². The molecular weight excluding hydrogens is 533 g/mol. The van der Waals surface area contributed by atoms with Gasteiger partial charge in [0, 0.05) is 12.0 Å². The van der Waals surface area contributed by atoms with Gasteiger partial charge in [-0.05, 0) is 90.3 Å². The van der Waals surface area contributed by atoms with E-state index in [9.17, 15) is 9.59 Å². The van der Waals surface area contributed by atoms with Crippen molar-refractivity contribution in [2.75, 3.05) is 20.3 Å². The Morgan fingerprint density at radius 1 is 0.800 bits per heavy atom. The lowest BCUT2D eigenvalue weighted by Crippen LogP contribution is -2.30. The first-order valence-electron chi connectivity index (χ1n) is 13.4. The molecule has 40 heavy (non-hydrogen) atoms. The Morgan fingerprint density at radius 3 is 1.95 bits per heavy atom. The molecule has 4 rings (SSSR count). The molecule has 0 saturated carbocycles. The summed E-state index contributed by atoms with van der Waals surface area (Å²) < 4.78 is 38.6. The number of thioether (sulfide) groups is 1. The Hall–Kier alpha value is -3.72. The Balaban J connectivity index is 1.33. The van der Waals surface area contributed by atoms with Gasteiger partial charge in [0.1, 0.15) is 28.7 Å². The van der Waals surface area contributed by atoms with Crippen LogP contribution in [0.5, 0.6) is 28.7 Å². The van der Waals surface area contributed by atoms with Gasteiger partial charge in [-0.15, -0.1) is 0 Å². The average Bonchev–Trinajstić information content (AvgIpc) is 3.22. The molecule has 7 nitrogen and oxygen atoms in total. The lowest BCUT2D eigenvalue weighted by Gasteiger charge is -2.18. The minimum absolute atomic E-state index is 0.142. The zero-order chi connectivity index (χ0) is 28.5. The second kappa shape index (κ2) is 13.6.